The van der Waals surface area contributed by atoms with Crippen molar-refractivity contribution in [1.82, 2.24) is 0 Å². The molecular formula is C24H32O3. The van der Waals surface area contributed by atoms with Gasteiger partial charge in [-0.25, -0.2) is 4.79 Å². The van der Waals surface area contributed by atoms with Crippen molar-refractivity contribution in [3.8, 4) is 16.9 Å². The Labute approximate surface area is 163 Å². The van der Waals surface area contributed by atoms with Crippen molar-refractivity contribution in [2.75, 3.05) is 6.61 Å². The quantitative estimate of drug-likeness (QED) is 0.422. The summed E-state index contributed by atoms with van der Waals surface area (Å²) in [6.45, 7) is 5.13. The molecule has 0 aliphatic heterocycles. The summed E-state index contributed by atoms with van der Waals surface area (Å²) in [5.41, 5.74) is 3.70. The van der Waals surface area contributed by atoms with Gasteiger partial charge in [-0.15, -0.1) is 0 Å². The van der Waals surface area contributed by atoms with Crippen LogP contribution in [0.4, 0.5) is 0 Å². The van der Waals surface area contributed by atoms with Crippen molar-refractivity contribution in [2.45, 2.75) is 65.2 Å². The Balaban J connectivity index is 2.13. The molecule has 27 heavy (non-hydrogen) atoms. The number of hydrogen-bond donors (Lipinski definition) is 1. The van der Waals surface area contributed by atoms with Crippen molar-refractivity contribution >= 4 is 5.97 Å². The second-order valence-electron chi connectivity index (χ2n) is 7.07. The van der Waals surface area contributed by atoms with E-state index in [0.29, 0.717) is 5.56 Å². The van der Waals surface area contributed by atoms with E-state index in [9.17, 15) is 9.90 Å². The number of aryl methyl sites for hydroxylation is 1. The van der Waals surface area contributed by atoms with Crippen molar-refractivity contribution < 1.29 is 14.6 Å². The summed E-state index contributed by atoms with van der Waals surface area (Å²) in [5, 5.41) is 9.32. The topological polar surface area (TPSA) is 46.5 Å². The number of carbonyl (C=O) groups is 1. The molecule has 0 bridgehead atoms. The van der Waals surface area contributed by atoms with Crippen LogP contribution in [0.1, 0.15) is 74.7 Å². The highest BCUT2D eigenvalue weighted by atomic mass is 16.5. The zero-order chi connectivity index (χ0) is 19.5. The molecule has 3 nitrogen and oxygen atoms in total. The minimum absolute atomic E-state index is 0.361. The van der Waals surface area contributed by atoms with Crippen LogP contribution in [0.25, 0.3) is 11.1 Å². The first kappa shape index (κ1) is 21.0. The Kier molecular flexibility index (Phi) is 8.90. The molecule has 2 aromatic rings. The molecule has 0 aromatic heterocycles. The first-order valence-electron chi connectivity index (χ1n) is 10.2. The van der Waals surface area contributed by atoms with Gasteiger partial charge in [-0.2, -0.15) is 0 Å². The second-order valence-corrected chi connectivity index (χ2v) is 7.07. The third-order valence-electron chi connectivity index (χ3n) is 4.83. The summed E-state index contributed by atoms with van der Waals surface area (Å²) in [7, 11) is 0. The number of benzene rings is 2. The van der Waals surface area contributed by atoms with Crippen LogP contribution < -0.4 is 4.74 Å². The Bertz CT molecular complexity index is 704. The lowest BCUT2D eigenvalue weighted by atomic mass is 9.94. The molecule has 2 aromatic carbocycles. The standard InChI is InChI=1S/C24H32O3/c1-3-5-7-8-10-20-18-21(24(25)26)13-16-23(20)19-11-14-22(15-12-19)27-17-9-6-4-2/h11-16,18H,3-10,17H2,1-2H3,(H,25,26). The molecule has 0 aliphatic carbocycles. The highest BCUT2D eigenvalue weighted by Gasteiger charge is 2.10. The van der Waals surface area contributed by atoms with Crippen LogP contribution in [0.15, 0.2) is 42.5 Å². The number of ether oxygens (including phenoxy) is 1. The van der Waals surface area contributed by atoms with Gasteiger partial charge >= 0.3 is 5.97 Å². The molecule has 0 atom stereocenters. The predicted octanol–water partition coefficient (Wildman–Crippen LogP) is 6.74. The molecule has 0 aliphatic rings. The highest BCUT2D eigenvalue weighted by Crippen LogP contribution is 2.28. The van der Waals surface area contributed by atoms with Crippen molar-refractivity contribution in [2.24, 2.45) is 0 Å². The predicted molar refractivity (Wildman–Crippen MR) is 112 cm³/mol. The smallest absolute Gasteiger partial charge is 0.335 e. The van der Waals surface area contributed by atoms with Gasteiger partial charge in [0.2, 0.25) is 0 Å². The molecule has 0 fully saturated rings. The molecule has 2 rings (SSSR count). The summed E-state index contributed by atoms with van der Waals surface area (Å²) < 4.78 is 5.79. The van der Waals surface area contributed by atoms with Gasteiger partial charge in [-0.3, -0.25) is 0 Å². The van der Waals surface area contributed by atoms with Crippen LogP contribution in [0, 0.1) is 0 Å². The fourth-order valence-corrected chi connectivity index (χ4v) is 3.23. The van der Waals surface area contributed by atoms with Crippen molar-refractivity contribution in [3.63, 3.8) is 0 Å². The molecule has 0 radical (unpaired) electrons. The lowest BCUT2D eigenvalue weighted by molar-refractivity contribution is 0.0697. The maximum atomic E-state index is 11.4. The van der Waals surface area contributed by atoms with E-state index in [1.54, 1.807) is 6.07 Å². The first-order chi connectivity index (χ1) is 13.2. The number of carboxylic acids is 1. The van der Waals surface area contributed by atoms with Gasteiger partial charge in [0.1, 0.15) is 5.75 Å². The maximum absolute atomic E-state index is 11.4. The minimum atomic E-state index is -0.868. The van der Waals surface area contributed by atoms with Gasteiger partial charge < -0.3 is 9.84 Å². The van der Waals surface area contributed by atoms with E-state index in [-0.39, 0.29) is 0 Å². The highest BCUT2D eigenvalue weighted by molar-refractivity contribution is 5.89. The number of unbranched alkanes of at least 4 members (excludes halogenated alkanes) is 5. The monoisotopic (exact) mass is 368 g/mol. The molecule has 0 unspecified atom stereocenters. The third kappa shape index (κ3) is 6.74. The van der Waals surface area contributed by atoms with Crippen molar-refractivity contribution in [3.05, 3.63) is 53.6 Å². The summed E-state index contributed by atoms with van der Waals surface area (Å²) in [5.74, 6) is 0.0219. The van der Waals surface area contributed by atoms with Crippen LogP contribution in [-0.4, -0.2) is 17.7 Å². The lowest BCUT2D eigenvalue weighted by Gasteiger charge is -2.12. The van der Waals surface area contributed by atoms with E-state index >= 15 is 0 Å². The first-order valence-corrected chi connectivity index (χ1v) is 10.2. The van der Waals surface area contributed by atoms with Gasteiger partial charge in [0.05, 0.1) is 12.2 Å². The normalized spacial score (nSPS) is 10.7. The molecule has 0 saturated carbocycles. The van der Waals surface area contributed by atoms with Crippen LogP contribution in [-0.2, 0) is 6.42 Å². The van der Waals surface area contributed by atoms with Crippen molar-refractivity contribution in [1.29, 1.82) is 0 Å². The second kappa shape index (κ2) is 11.4. The molecule has 1 N–H and O–H groups in total. The van der Waals surface area contributed by atoms with Gasteiger partial charge in [-0.05, 0) is 60.2 Å². The zero-order valence-electron chi connectivity index (χ0n) is 16.7. The Morgan fingerprint density at radius 2 is 1.59 bits per heavy atom. The SMILES string of the molecule is CCCCCCc1cc(C(=O)O)ccc1-c1ccc(OCCCCC)cc1. The van der Waals surface area contributed by atoms with Gasteiger partial charge in [0.25, 0.3) is 0 Å². The molecular weight excluding hydrogens is 336 g/mol. The summed E-state index contributed by atoms with van der Waals surface area (Å²) in [6, 6.07) is 13.6. The average molecular weight is 369 g/mol. The molecule has 0 amide bonds. The van der Waals surface area contributed by atoms with Crippen LogP contribution >= 0.6 is 0 Å². The Morgan fingerprint density at radius 3 is 2.26 bits per heavy atom. The largest absolute Gasteiger partial charge is 0.494 e. The Morgan fingerprint density at radius 1 is 0.889 bits per heavy atom. The fourth-order valence-electron chi connectivity index (χ4n) is 3.23. The molecule has 0 spiro atoms. The molecule has 146 valence electrons. The maximum Gasteiger partial charge on any atom is 0.335 e. The number of carboxylic acid groups (broad SMARTS) is 1. The van der Waals surface area contributed by atoms with E-state index in [1.165, 1.54) is 32.1 Å². The summed E-state index contributed by atoms with van der Waals surface area (Å²) in [6.07, 6.45) is 9.05. The minimum Gasteiger partial charge on any atom is -0.494 e. The number of rotatable bonds is 12. The molecule has 0 heterocycles. The van der Waals surface area contributed by atoms with Crippen LogP contribution in [0.3, 0.4) is 0 Å². The van der Waals surface area contributed by atoms with Crippen LogP contribution in [0.5, 0.6) is 5.75 Å². The number of aromatic carboxylic acids is 1. The van der Waals surface area contributed by atoms with Gasteiger partial charge in [0.15, 0.2) is 0 Å². The van der Waals surface area contributed by atoms with Crippen LogP contribution in [0.2, 0.25) is 0 Å². The van der Waals surface area contributed by atoms with E-state index in [2.05, 4.69) is 26.0 Å². The van der Waals surface area contributed by atoms with E-state index < -0.39 is 5.97 Å². The van der Waals surface area contributed by atoms with Gasteiger partial charge in [0, 0.05) is 0 Å². The Hall–Kier alpha value is -2.29. The average Bonchev–Trinajstić information content (AvgIpc) is 2.69. The lowest BCUT2D eigenvalue weighted by Crippen LogP contribution is -2.00. The summed E-state index contributed by atoms with van der Waals surface area (Å²) in [4.78, 5) is 11.4. The molecule has 3 heteroatoms. The summed E-state index contributed by atoms with van der Waals surface area (Å²) >= 11 is 0. The van der Waals surface area contributed by atoms with E-state index in [0.717, 1.165) is 48.3 Å². The van der Waals surface area contributed by atoms with E-state index in [1.807, 2.05) is 24.3 Å². The fraction of sp³-hybridized carbons (Fsp3) is 0.458. The van der Waals surface area contributed by atoms with E-state index in [4.69, 9.17) is 4.74 Å². The third-order valence-corrected chi connectivity index (χ3v) is 4.83. The zero-order valence-corrected chi connectivity index (χ0v) is 16.7. The van der Waals surface area contributed by atoms with Gasteiger partial charge in [-0.1, -0.05) is 64.2 Å². The molecule has 0 saturated heterocycles. The number of hydrogen-bond acceptors (Lipinski definition) is 2.